The lowest BCUT2D eigenvalue weighted by atomic mass is 10.1. The summed E-state index contributed by atoms with van der Waals surface area (Å²) >= 11 is 0. The molecule has 0 aliphatic carbocycles. The number of fused-ring (bicyclic) bond motifs is 1. The lowest BCUT2D eigenvalue weighted by Gasteiger charge is -2.29. The summed E-state index contributed by atoms with van der Waals surface area (Å²) in [5, 5.41) is 2.64. The zero-order valence-electron chi connectivity index (χ0n) is 11.7. The number of halogens is 3. The maximum Gasteiger partial charge on any atom is 0.416 e. The van der Waals surface area contributed by atoms with E-state index in [9.17, 15) is 22.8 Å². The first kappa shape index (κ1) is 15.1. The molecule has 0 aromatic heterocycles. The van der Waals surface area contributed by atoms with E-state index in [1.54, 1.807) is 24.3 Å². The summed E-state index contributed by atoms with van der Waals surface area (Å²) in [6.07, 6.45) is -4.46. The Hall–Kier alpha value is -2.83. The number of benzene rings is 2. The van der Waals surface area contributed by atoms with E-state index in [1.807, 2.05) is 0 Å². The predicted octanol–water partition coefficient (Wildman–Crippen LogP) is 3.30. The van der Waals surface area contributed by atoms with Crippen LogP contribution in [0, 0.1) is 0 Å². The zero-order chi connectivity index (χ0) is 16.6. The fourth-order valence-corrected chi connectivity index (χ4v) is 2.37. The molecule has 0 fully saturated rings. The van der Waals surface area contributed by atoms with Crippen LogP contribution in [-0.4, -0.2) is 18.4 Å². The number of alkyl halides is 3. The quantitative estimate of drug-likeness (QED) is 0.876. The number of nitrogens with zero attached hydrogens (tertiary/aromatic N) is 1. The third-order valence-corrected chi connectivity index (χ3v) is 3.47. The highest BCUT2D eigenvalue weighted by molar-refractivity contribution is 6.15. The number of hydrogen-bond acceptors (Lipinski definition) is 2. The third-order valence-electron chi connectivity index (χ3n) is 3.47. The van der Waals surface area contributed by atoms with Crippen LogP contribution in [-0.2, 0) is 11.0 Å². The van der Waals surface area contributed by atoms with Gasteiger partial charge in [0.15, 0.2) is 0 Å². The van der Waals surface area contributed by atoms with Gasteiger partial charge in [0.2, 0.25) is 5.91 Å². The van der Waals surface area contributed by atoms with Crippen LogP contribution in [0.4, 0.5) is 24.5 Å². The Morgan fingerprint density at radius 3 is 2.35 bits per heavy atom. The molecule has 4 nitrogen and oxygen atoms in total. The van der Waals surface area contributed by atoms with Crippen molar-refractivity contribution in [2.75, 3.05) is 16.8 Å². The number of carbonyl (C=O) groups is 2. The summed E-state index contributed by atoms with van der Waals surface area (Å²) in [6, 6.07) is 10.7. The molecule has 23 heavy (non-hydrogen) atoms. The summed E-state index contributed by atoms with van der Waals surface area (Å²) in [6.45, 7) is -0.184. The van der Waals surface area contributed by atoms with Gasteiger partial charge >= 0.3 is 6.18 Å². The molecule has 7 heteroatoms. The van der Waals surface area contributed by atoms with Crippen molar-refractivity contribution in [3.8, 4) is 0 Å². The fraction of sp³-hybridized carbons (Fsp3) is 0.125. The molecule has 118 valence electrons. The summed E-state index contributed by atoms with van der Waals surface area (Å²) in [5.41, 5.74) is 0.259. The predicted molar refractivity (Wildman–Crippen MR) is 78.2 cm³/mol. The van der Waals surface area contributed by atoms with Crippen molar-refractivity contribution in [2.45, 2.75) is 6.18 Å². The average molecular weight is 320 g/mol. The van der Waals surface area contributed by atoms with Gasteiger partial charge in [-0.2, -0.15) is 13.2 Å². The Kier molecular flexibility index (Phi) is 3.55. The second-order valence-electron chi connectivity index (χ2n) is 5.03. The van der Waals surface area contributed by atoms with Gasteiger partial charge in [-0.1, -0.05) is 12.1 Å². The molecule has 3 rings (SSSR count). The van der Waals surface area contributed by atoms with E-state index in [4.69, 9.17) is 0 Å². The lowest BCUT2D eigenvalue weighted by molar-refractivity contribution is -0.137. The first-order chi connectivity index (χ1) is 10.9. The van der Waals surface area contributed by atoms with Crippen LogP contribution in [0.2, 0.25) is 0 Å². The summed E-state index contributed by atoms with van der Waals surface area (Å²) < 4.78 is 37.7. The number of hydrogen-bond donors (Lipinski definition) is 1. The van der Waals surface area contributed by atoms with Gasteiger partial charge in [0, 0.05) is 5.56 Å². The smallest absolute Gasteiger partial charge is 0.323 e. The number of carbonyl (C=O) groups excluding carboxylic acids is 2. The van der Waals surface area contributed by atoms with Crippen molar-refractivity contribution in [3.63, 3.8) is 0 Å². The van der Waals surface area contributed by atoms with Gasteiger partial charge in [0.1, 0.15) is 6.54 Å². The molecule has 0 spiro atoms. The molecule has 1 aliphatic heterocycles. The van der Waals surface area contributed by atoms with E-state index < -0.39 is 17.6 Å². The topological polar surface area (TPSA) is 49.4 Å². The van der Waals surface area contributed by atoms with Crippen molar-refractivity contribution in [1.82, 2.24) is 0 Å². The molecule has 2 aromatic rings. The minimum atomic E-state index is -4.46. The molecule has 0 saturated heterocycles. The first-order valence-electron chi connectivity index (χ1n) is 6.74. The molecular weight excluding hydrogens is 309 g/mol. The van der Waals surface area contributed by atoms with Crippen LogP contribution in [0.5, 0.6) is 0 Å². The number of nitrogens with one attached hydrogen (secondary N) is 1. The highest BCUT2D eigenvalue weighted by Gasteiger charge is 2.31. The minimum Gasteiger partial charge on any atom is -0.323 e. The van der Waals surface area contributed by atoms with Gasteiger partial charge in [0.25, 0.3) is 5.91 Å². The van der Waals surface area contributed by atoms with Gasteiger partial charge in [-0.3, -0.25) is 14.5 Å². The van der Waals surface area contributed by atoms with Gasteiger partial charge in [0.05, 0.1) is 16.9 Å². The number of anilines is 2. The maximum atomic E-state index is 12.6. The van der Waals surface area contributed by atoms with Crippen molar-refractivity contribution in [3.05, 3.63) is 59.7 Å². The Bertz CT molecular complexity index is 770. The van der Waals surface area contributed by atoms with Gasteiger partial charge in [-0.05, 0) is 36.4 Å². The monoisotopic (exact) mass is 320 g/mol. The van der Waals surface area contributed by atoms with E-state index in [0.717, 1.165) is 24.3 Å². The number of rotatable bonds is 1. The molecule has 1 N–H and O–H groups in total. The standard InChI is InChI=1S/C16H11F3N2O2/c17-16(18,19)11-7-5-10(6-8-11)15(23)21-9-14(22)20-12-3-1-2-4-13(12)21/h1-8H,9H2,(H,20,22). The Morgan fingerprint density at radius 2 is 1.70 bits per heavy atom. The minimum absolute atomic E-state index is 0.0857. The van der Waals surface area contributed by atoms with E-state index >= 15 is 0 Å². The fourth-order valence-electron chi connectivity index (χ4n) is 2.37. The molecule has 1 aliphatic rings. The Labute approximate surface area is 129 Å². The average Bonchev–Trinajstić information content (AvgIpc) is 2.52. The molecule has 0 radical (unpaired) electrons. The van der Waals surface area contributed by atoms with Crippen LogP contribution >= 0.6 is 0 Å². The highest BCUT2D eigenvalue weighted by Crippen LogP contribution is 2.32. The molecule has 2 amide bonds. The number of para-hydroxylation sites is 2. The van der Waals surface area contributed by atoms with Crippen molar-refractivity contribution < 1.29 is 22.8 Å². The SMILES string of the molecule is O=C1CN(C(=O)c2ccc(C(F)(F)F)cc2)c2ccccc2N1. The summed E-state index contributed by atoms with van der Waals surface area (Å²) in [4.78, 5) is 25.5. The van der Waals surface area contributed by atoms with Gasteiger partial charge in [-0.15, -0.1) is 0 Å². The first-order valence-corrected chi connectivity index (χ1v) is 6.74. The Balaban J connectivity index is 1.93. The van der Waals surface area contributed by atoms with Crippen LogP contribution < -0.4 is 10.2 Å². The second kappa shape index (κ2) is 5.42. The number of amides is 2. The lowest BCUT2D eigenvalue weighted by Crippen LogP contribution is -2.42. The molecule has 1 heterocycles. The van der Waals surface area contributed by atoms with E-state index in [1.165, 1.54) is 4.90 Å². The molecular formula is C16H11F3N2O2. The normalized spacial score (nSPS) is 14.2. The molecule has 0 atom stereocenters. The summed E-state index contributed by atoms with van der Waals surface area (Å²) in [7, 11) is 0. The molecule has 0 bridgehead atoms. The maximum absolute atomic E-state index is 12.6. The van der Waals surface area contributed by atoms with Crippen LogP contribution in [0.3, 0.4) is 0 Å². The Morgan fingerprint density at radius 1 is 1.04 bits per heavy atom. The van der Waals surface area contributed by atoms with Crippen molar-refractivity contribution in [2.24, 2.45) is 0 Å². The second-order valence-corrected chi connectivity index (χ2v) is 5.03. The van der Waals surface area contributed by atoms with Gasteiger partial charge in [-0.25, -0.2) is 0 Å². The molecule has 0 unspecified atom stereocenters. The zero-order valence-corrected chi connectivity index (χ0v) is 11.7. The summed E-state index contributed by atoms with van der Waals surface area (Å²) in [5.74, 6) is -0.884. The van der Waals surface area contributed by atoms with Crippen LogP contribution in [0.25, 0.3) is 0 Å². The van der Waals surface area contributed by atoms with E-state index in [0.29, 0.717) is 11.4 Å². The highest BCUT2D eigenvalue weighted by atomic mass is 19.4. The third kappa shape index (κ3) is 2.90. The largest absolute Gasteiger partial charge is 0.416 e. The van der Waals surface area contributed by atoms with E-state index in [2.05, 4.69) is 5.32 Å². The van der Waals surface area contributed by atoms with Crippen LogP contribution in [0.15, 0.2) is 48.5 Å². The molecule has 0 saturated carbocycles. The van der Waals surface area contributed by atoms with Gasteiger partial charge < -0.3 is 5.32 Å². The van der Waals surface area contributed by atoms with Crippen molar-refractivity contribution in [1.29, 1.82) is 0 Å². The van der Waals surface area contributed by atoms with Crippen LogP contribution in [0.1, 0.15) is 15.9 Å². The molecule has 2 aromatic carbocycles. The van der Waals surface area contributed by atoms with E-state index in [-0.39, 0.29) is 18.0 Å². The van der Waals surface area contributed by atoms with Crippen molar-refractivity contribution >= 4 is 23.2 Å².